The van der Waals surface area contributed by atoms with Crippen LogP contribution in [0.5, 0.6) is 0 Å². The molecule has 0 aromatic rings. The molecular weight excluding hydrogens is 508 g/mol. The molecule has 10 heteroatoms. The third-order valence-electron chi connectivity index (χ3n) is 6.56. The van der Waals surface area contributed by atoms with Gasteiger partial charge in [0.1, 0.15) is 6.61 Å². The first-order chi connectivity index (χ1) is 18.2. The van der Waals surface area contributed by atoms with Gasteiger partial charge in [0.05, 0.1) is 91.8 Å². The van der Waals surface area contributed by atoms with Crippen molar-refractivity contribution < 1.29 is 42.4 Å². The predicted molar refractivity (Wildman–Crippen MR) is 152 cm³/mol. The molecule has 0 aliphatic rings. The van der Waals surface area contributed by atoms with Crippen molar-refractivity contribution in [3.05, 3.63) is 0 Å². The lowest BCUT2D eigenvalue weighted by molar-refractivity contribution is -0.150. The molecule has 0 saturated carbocycles. The summed E-state index contributed by atoms with van der Waals surface area (Å²) < 4.78 is 44.3. The zero-order valence-corrected chi connectivity index (χ0v) is 26.5. The van der Waals surface area contributed by atoms with Crippen LogP contribution in [0.3, 0.4) is 0 Å². The summed E-state index contributed by atoms with van der Waals surface area (Å²) in [5.41, 5.74) is 0. The Balaban J connectivity index is 3.29. The van der Waals surface area contributed by atoms with E-state index in [1.54, 1.807) is 0 Å². The molecule has 38 heavy (non-hydrogen) atoms. The molecule has 0 aliphatic heterocycles. The van der Waals surface area contributed by atoms with E-state index in [2.05, 4.69) is 40.8 Å². The molecule has 228 valence electrons. The third-order valence-corrected chi connectivity index (χ3v) is 11.1. The highest BCUT2D eigenvalue weighted by Gasteiger charge is 2.36. The second-order valence-electron chi connectivity index (χ2n) is 10.7. The first-order valence-electron chi connectivity index (χ1n) is 14.4. The summed E-state index contributed by atoms with van der Waals surface area (Å²) in [6.07, 6.45) is 3.86. The number of unbranched alkanes of at least 4 members (excludes halogenated alkanes) is 1. The maximum Gasteiger partial charge on any atom is 0.308 e. The standard InChI is InChI=1S/C28H58O9Si/c1-8-10-11-26(9-2)27(29)36-24-22-34-20-18-32-16-14-30-12-13-31-15-17-33-19-21-35-23-25-37-38(6,7)28(3,4)5/h26H,8-25H2,1-7H3. The van der Waals surface area contributed by atoms with Crippen LogP contribution in [0.15, 0.2) is 0 Å². The Hall–Kier alpha value is -0.593. The molecule has 0 rings (SSSR count). The maximum atomic E-state index is 12.0. The summed E-state index contributed by atoms with van der Waals surface area (Å²) in [5.74, 6) is -0.107. The van der Waals surface area contributed by atoms with Crippen LogP contribution in [0.2, 0.25) is 18.1 Å². The molecular formula is C28H58O9Si. The second kappa shape index (κ2) is 24.2. The number of hydrogen-bond acceptors (Lipinski definition) is 9. The molecule has 1 unspecified atom stereocenters. The molecule has 0 N–H and O–H groups in total. The molecule has 0 radical (unpaired) electrons. The normalized spacial score (nSPS) is 13.1. The topological polar surface area (TPSA) is 90.9 Å². The summed E-state index contributed by atoms with van der Waals surface area (Å²) in [4.78, 5) is 12.0. The number of hydrogen-bond donors (Lipinski definition) is 0. The van der Waals surface area contributed by atoms with Gasteiger partial charge < -0.3 is 37.6 Å². The highest BCUT2D eigenvalue weighted by molar-refractivity contribution is 6.74. The molecule has 0 heterocycles. The fourth-order valence-electron chi connectivity index (χ4n) is 3.03. The van der Waals surface area contributed by atoms with Crippen molar-refractivity contribution in [3.63, 3.8) is 0 Å². The zero-order valence-electron chi connectivity index (χ0n) is 25.5. The van der Waals surface area contributed by atoms with Crippen molar-refractivity contribution in [2.24, 2.45) is 5.92 Å². The van der Waals surface area contributed by atoms with Gasteiger partial charge in [-0.25, -0.2) is 0 Å². The van der Waals surface area contributed by atoms with Crippen molar-refractivity contribution in [2.75, 3.05) is 92.5 Å². The highest BCUT2D eigenvalue weighted by Crippen LogP contribution is 2.36. The highest BCUT2D eigenvalue weighted by atomic mass is 28.4. The average Bonchev–Trinajstić information content (AvgIpc) is 2.86. The van der Waals surface area contributed by atoms with E-state index >= 15 is 0 Å². The Kier molecular flexibility index (Phi) is 23.8. The van der Waals surface area contributed by atoms with Crippen molar-refractivity contribution in [1.29, 1.82) is 0 Å². The minimum absolute atomic E-state index is 0.00534. The lowest BCUT2D eigenvalue weighted by Gasteiger charge is -2.36. The number of carbonyl (C=O) groups is 1. The minimum Gasteiger partial charge on any atom is -0.463 e. The Morgan fingerprint density at radius 3 is 1.34 bits per heavy atom. The Morgan fingerprint density at radius 2 is 1.00 bits per heavy atom. The predicted octanol–water partition coefficient (Wildman–Crippen LogP) is 4.87. The third kappa shape index (κ3) is 21.3. The largest absolute Gasteiger partial charge is 0.463 e. The van der Waals surface area contributed by atoms with E-state index in [0.717, 1.165) is 25.7 Å². The minimum atomic E-state index is -1.69. The molecule has 0 bridgehead atoms. The monoisotopic (exact) mass is 566 g/mol. The summed E-state index contributed by atoms with van der Waals surface area (Å²) in [5, 5.41) is 0.219. The molecule has 0 saturated heterocycles. The first kappa shape index (κ1) is 37.4. The lowest BCUT2D eigenvalue weighted by atomic mass is 10.00. The van der Waals surface area contributed by atoms with Crippen LogP contribution in [0.4, 0.5) is 0 Å². The van der Waals surface area contributed by atoms with Crippen LogP contribution >= 0.6 is 0 Å². The van der Waals surface area contributed by atoms with Gasteiger partial charge in [0.15, 0.2) is 8.32 Å². The fraction of sp³-hybridized carbons (Fsp3) is 0.964. The van der Waals surface area contributed by atoms with Gasteiger partial charge in [0.25, 0.3) is 0 Å². The summed E-state index contributed by atoms with van der Waals surface area (Å²) in [6.45, 7) is 22.4. The van der Waals surface area contributed by atoms with Gasteiger partial charge in [-0.2, -0.15) is 0 Å². The maximum absolute atomic E-state index is 12.0. The number of ether oxygens (including phenoxy) is 7. The molecule has 0 aromatic carbocycles. The Bertz CT molecular complexity index is 541. The molecule has 0 fully saturated rings. The van der Waals surface area contributed by atoms with Crippen LogP contribution in [0, 0.1) is 5.92 Å². The first-order valence-corrected chi connectivity index (χ1v) is 17.3. The molecule has 0 amide bonds. The van der Waals surface area contributed by atoms with E-state index in [0.29, 0.717) is 85.9 Å². The van der Waals surface area contributed by atoms with Gasteiger partial charge in [-0.3, -0.25) is 4.79 Å². The molecule has 0 aliphatic carbocycles. The van der Waals surface area contributed by atoms with E-state index in [-0.39, 0.29) is 23.5 Å². The Morgan fingerprint density at radius 1 is 0.632 bits per heavy atom. The molecule has 1 atom stereocenters. The van der Waals surface area contributed by atoms with Gasteiger partial charge >= 0.3 is 5.97 Å². The second-order valence-corrected chi connectivity index (χ2v) is 15.5. The fourth-order valence-corrected chi connectivity index (χ4v) is 4.06. The molecule has 0 spiro atoms. The Labute approximate surface area is 233 Å². The quantitative estimate of drug-likeness (QED) is 0.0785. The number of esters is 1. The smallest absolute Gasteiger partial charge is 0.308 e. The van der Waals surface area contributed by atoms with Gasteiger partial charge in [0, 0.05) is 0 Å². The summed E-state index contributed by atoms with van der Waals surface area (Å²) in [7, 11) is -1.69. The van der Waals surface area contributed by atoms with Crippen molar-refractivity contribution in [1.82, 2.24) is 0 Å². The van der Waals surface area contributed by atoms with Crippen LogP contribution in [-0.2, 0) is 42.4 Å². The van der Waals surface area contributed by atoms with Crippen molar-refractivity contribution in [3.8, 4) is 0 Å². The number of rotatable bonds is 27. The van der Waals surface area contributed by atoms with E-state index in [1.165, 1.54) is 0 Å². The summed E-state index contributed by atoms with van der Waals surface area (Å²) in [6, 6.07) is 0. The van der Waals surface area contributed by atoms with Crippen LogP contribution in [-0.4, -0.2) is 107 Å². The zero-order chi connectivity index (χ0) is 28.5. The molecule has 9 nitrogen and oxygen atoms in total. The van der Waals surface area contributed by atoms with Crippen LogP contribution in [0.25, 0.3) is 0 Å². The van der Waals surface area contributed by atoms with E-state index < -0.39 is 8.32 Å². The SMILES string of the molecule is CCCCC(CC)C(=O)OCCOCCOCCOCCOCCOCCOCCO[Si](C)(C)C(C)(C)C. The van der Waals surface area contributed by atoms with Crippen molar-refractivity contribution in [2.45, 2.75) is 78.4 Å². The van der Waals surface area contributed by atoms with Gasteiger partial charge in [-0.15, -0.1) is 0 Å². The van der Waals surface area contributed by atoms with Crippen LogP contribution < -0.4 is 0 Å². The van der Waals surface area contributed by atoms with Crippen LogP contribution in [0.1, 0.15) is 60.3 Å². The van der Waals surface area contributed by atoms with E-state index in [9.17, 15) is 4.79 Å². The average molecular weight is 567 g/mol. The lowest BCUT2D eigenvalue weighted by Crippen LogP contribution is -2.41. The van der Waals surface area contributed by atoms with Gasteiger partial charge in [-0.1, -0.05) is 47.5 Å². The van der Waals surface area contributed by atoms with Gasteiger partial charge in [-0.05, 0) is 31.0 Å². The summed E-state index contributed by atoms with van der Waals surface area (Å²) >= 11 is 0. The van der Waals surface area contributed by atoms with Gasteiger partial charge in [0.2, 0.25) is 0 Å². The van der Waals surface area contributed by atoms with E-state index in [1.807, 2.05) is 6.92 Å². The van der Waals surface area contributed by atoms with E-state index in [4.69, 9.17) is 37.6 Å². The molecule has 0 aromatic heterocycles. The van der Waals surface area contributed by atoms with Crippen molar-refractivity contribution >= 4 is 14.3 Å². The number of carbonyl (C=O) groups excluding carboxylic acids is 1.